The molecular weight excluding hydrogens is 661 g/mol. The van der Waals surface area contributed by atoms with E-state index in [1.54, 1.807) is 22.7 Å². The predicted molar refractivity (Wildman–Crippen MR) is 182 cm³/mol. The molecule has 0 bridgehead atoms. The summed E-state index contributed by atoms with van der Waals surface area (Å²) in [5.41, 5.74) is 0. The van der Waals surface area contributed by atoms with Crippen LogP contribution in [0.3, 0.4) is 0 Å². The van der Waals surface area contributed by atoms with E-state index in [0.29, 0.717) is 0 Å². The van der Waals surface area contributed by atoms with Crippen LogP contribution in [0.5, 0.6) is 0 Å². The zero-order valence-corrected chi connectivity index (χ0v) is 26.8. The third-order valence-corrected chi connectivity index (χ3v) is 19.1. The van der Waals surface area contributed by atoms with Crippen LogP contribution in [0.2, 0.25) is 0 Å². The highest BCUT2D eigenvalue weighted by atomic mass is 32.1. The molecule has 182 valence electrons. The summed E-state index contributed by atoms with van der Waals surface area (Å²) in [5, 5.41) is 6.61. The van der Waals surface area contributed by atoms with Crippen LogP contribution in [0.25, 0.3) is 85.9 Å². The minimum atomic E-state index is 1.10. The lowest BCUT2D eigenvalue weighted by molar-refractivity contribution is 1.42. The van der Waals surface area contributed by atoms with Crippen LogP contribution in [0.1, 0.15) is 0 Å². The lowest BCUT2D eigenvalue weighted by Crippen LogP contribution is -1.64. The number of nitrogens with zero attached hydrogens (tertiary/aromatic N) is 2. The Morgan fingerprint density at radius 3 is 1.34 bits per heavy atom. The molecule has 0 atom stereocenters. The summed E-state index contributed by atoms with van der Waals surface area (Å²) in [7, 11) is 0. The van der Waals surface area contributed by atoms with Crippen molar-refractivity contribution in [2.24, 2.45) is 0 Å². The van der Waals surface area contributed by atoms with Crippen molar-refractivity contribution in [1.29, 1.82) is 0 Å². The maximum Gasteiger partial charge on any atom is 0.133 e. The minimum Gasteiger partial charge on any atom is -0.243 e. The molecule has 2 nitrogen and oxygen atoms in total. The van der Waals surface area contributed by atoms with Gasteiger partial charge in [-0.05, 0) is 35.0 Å². The highest BCUT2D eigenvalue weighted by Gasteiger charge is 2.20. The van der Waals surface area contributed by atoms with Crippen LogP contribution in [0, 0.1) is 0 Å². The third-order valence-electron chi connectivity index (χ3n) is 6.42. The molecule has 12 heteroatoms. The smallest absolute Gasteiger partial charge is 0.133 e. The summed E-state index contributed by atoms with van der Waals surface area (Å²) in [5.74, 6) is 0. The van der Waals surface area contributed by atoms with Gasteiger partial charge < -0.3 is 0 Å². The zero-order valence-electron chi connectivity index (χ0n) is 18.6. The Bertz CT molecular complexity index is 2310. The summed E-state index contributed by atoms with van der Waals surface area (Å²) in [4.78, 5) is 14.6. The molecule has 0 radical (unpaired) electrons. The van der Waals surface area contributed by atoms with Crippen molar-refractivity contribution >= 4 is 170 Å². The fraction of sp³-hybridized carbons (Fsp3) is 0. The molecule has 38 heavy (non-hydrogen) atoms. The maximum absolute atomic E-state index is 4.83. The topological polar surface area (TPSA) is 25.8 Å². The molecule has 0 saturated heterocycles. The second-order valence-electron chi connectivity index (χ2n) is 8.62. The molecule has 10 rings (SSSR count). The van der Waals surface area contributed by atoms with Gasteiger partial charge in [0.15, 0.2) is 0 Å². The first kappa shape index (κ1) is 22.1. The van der Waals surface area contributed by atoms with Crippen LogP contribution < -0.4 is 0 Å². The van der Waals surface area contributed by atoms with E-state index in [9.17, 15) is 0 Å². The monoisotopic (exact) mass is 668 g/mol. The SMILES string of the molecule is c1cc2sc3c4sc(-c5ncc(-c6cnc(-c7cc8sc9c%10sccc%10sc9c8s7)s6)s5)cc4sc3c2s1. The van der Waals surface area contributed by atoms with Gasteiger partial charge in [0.1, 0.15) is 10.0 Å². The molecule has 0 aliphatic heterocycles. The molecule has 0 amide bonds. The van der Waals surface area contributed by atoms with Gasteiger partial charge in [-0.2, -0.15) is 0 Å². The molecule has 10 heterocycles. The molecule has 0 unspecified atom stereocenters. The van der Waals surface area contributed by atoms with Gasteiger partial charge in [-0.25, -0.2) is 9.97 Å². The molecule has 0 spiro atoms. The molecule has 0 N–H and O–H groups in total. The number of thiophene rings is 8. The number of hydrogen-bond acceptors (Lipinski definition) is 12. The van der Waals surface area contributed by atoms with E-state index in [1.807, 2.05) is 103 Å². The van der Waals surface area contributed by atoms with E-state index in [4.69, 9.17) is 9.97 Å². The molecule has 10 aromatic heterocycles. The Kier molecular flexibility index (Phi) is 4.66. The Morgan fingerprint density at radius 2 is 0.842 bits per heavy atom. The molecular formula is C26H8N2S10. The molecule has 0 aromatic carbocycles. The van der Waals surface area contributed by atoms with Crippen LogP contribution in [0.4, 0.5) is 0 Å². The second-order valence-corrected chi connectivity index (χ2v) is 18.8. The number of hydrogen-bond donors (Lipinski definition) is 0. The maximum atomic E-state index is 4.83. The molecule has 10 aromatic rings. The highest BCUT2D eigenvalue weighted by Crippen LogP contribution is 2.52. The third kappa shape index (κ3) is 3.04. The first-order valence-electron chi connectivity index (χ1n) is 11.3. The van der Waals surface area contributed by atoms with Crippen LogP contribution >= 0.6 is 113 Å². The van der Waals surface area contributed by atoms with Crippen LogP contribution in [0.15, 0.2) is 47.4 Å². The van der Waals surface area contributed by atoms with E-state index in [0.717, 1.165) is 10.0 Å². The number of fused-ring (bicyclic) bond motifs is 10. The van der Waals surface area contributed by atoms with Gasteiger partial charge in [0.2, 0.25) is 0 Å². The van der Waals surface area contributed by atoms with E-state index in [2.05, 4.69) is 35.0 Å². The van der Waals surface area contributed by atoms with Crippen molar-refractivity contribution in [2.75, 3.05) is 0 Å². The second kappa shape index (κ2) is 8.00. The largest absolute Gasteiger partial charge is 0.243 e. The number of aromatic nitrogens is 2. The Labute approximate surface area is 254 Å². The minimum absolute atomic E-state index is 1.10. The fourth-order valence-electron chi connectivity index (χ4n) is 4.74. The quantitative estimate of drug-likeness (QED) is 0.187. The van der Waals surface area contributed by atoms with Gasteiger partial charge in [-0.15, -0.1) is 113 Å². The Morgan fingerprint density at radius 1 is 0.395 bits per heavy atom. The standard InChI is InChI=1S/C26H8N2S10/c1-3-29-17-9(1)31-23-19-11(33-21(17)23)5-13(35-19)25-27-7-15(37-25)16-8-28-26(38-16)14-6-12-20(36-14)24-22(34-12)18-10(32-24)2-4-30-18/h1-8H. The molecule has 0 aliphatic rings. The first-order chi connectivity index (χ1) is 18.8. The van der Waals surface area contributed by atoms with Gasteiger partial charge in [-0.3, -0.25) is 0 Å². The lowest BCUT2D eigenvalue weighted by Gasteiger charge is -1.89. The van der Waals surface area contributed by atoms with Gasteiger partial charge in [-0.1, -0.05) is 0 Å². The van der Waals surface area contributed by atoms with E-state index >= 15 is 0 Å². The van der Waals surface area contributed by atoms with Crippen molar-refractivity contribution in [2.45, 2.75) is 0 Å². The normalized spacial score (nSPS) is 12.7. The van der Waals surface area contributed by atoms with Gasteiger partial charge in [0.05, 0.1) is 57.1 Å². The highest BCUT2D eigenvalue weighted by molar-refractivity contribution is 7.46. The lowest BCUT2D eigenvalue weighted by atomic mass is 10.4. The fourth-order valence-corrected chi connectivity index (χ4v) is 17.5. The summed E-state index contributed by atoms with van der Waals surface area (Å²) in [6.45, 7) is 0. The Hall–Kier alpha value is -1.58. The van der Waals surface area contributed by atoms with Crippen LogP contribution in [-0.2, 0) is 0 Å². The number of rotatable bonds is 3. The summed E-state index contributed by atoms with van der Waals surface area (Å²) >= 11 is 18.8. The van der Waals surface area contributed by atoms with Crippen LogP contribution in [-0.4, -0.2) is 9.97 Å². The summed E-state index contributed by atoms with van der Waals surface area (Å²) < 4.78 is 17.1. The molecule has 0 fully saturated rings. The predicted octanol–water partition coefficient (Wildman–Crippen LogP) is 13.0. The average Bonchev–Trinajstić information content (AvgIpc) is 3.70. The van der Waals surface area contributed by atoms with Crippen molar-refractivity contribution < 1.29 is 0 Å². The Balaban J connectivity index is 1.00. The van der Waals surface area contributed by atoms with E-state index in [1.165, 1.54) is 75.9 Å². The summed E-state index contributed by atoms with van der Waals surface area (Å²) in [6, 6.07) is 9.17. The summed E-state index contributed by atoms with van der Waals surface area (Å²) in [6.07, 6.45) is 4.05. The van der Waals surface area contributed by atoms with E-state index < -0.39 is 0 Å². The van der Waals surface area contributed by atoms with Crippen molar-refractivity contribution in [3.63, 3.8) is 0 Å². The average molecular weight is 669 g/mol. The first-order valence-corrected chi connectivity index (χ1v) is 19.6. The van der Waals surface area contributed by atoms with Crippen molar-refractivity contribution in [3.8, 4) is 29.5 Å². The zero-order chi connectivity index (χ0) is 24.5. The van der Waals surface area contributed by atoms with E-state index in [-0.39, 0.29) is 0 Å². The van der Waals surface area contributed by atoms with Gasteiger partial charge in [0, 0.05) is 31.2 Å². The molecule has 0 aliphatic carbocycles. The van der Waals surface area contributed by atoms with Gasteiger partial charge >= 0.3 is 0 Å². The van der Waals surface area contributed by atoms with Gasteiger partial charge in [0.25, 0.3) is 0 Å². The number of thiazole rings is 2. The van der Waals surface area contributed by atoms with Crippen molar-refractivity contribution in [3.05, 3.63) is 47.4 Å². The van der Waals surface area contributed by atoms with Crippen molar-refractivity contribution in [1.82, 2.24) is 9.97 Å². The molecule has 0 saturated carbocycles.